The lowest BCUT2D eigenvalue weighted by Crippen LogP contribution is -2.06. The number of aromatic nitrogens is 2. The summed E-state index contributed by atoms with van der Waals surface area (Å²) in [5.41, 5.74) is 1.81. The Balaban J connectivity index is 1.84. The van der Waals surface area contributed by atoms with Gasteiger partial charge in [-0.2, -0.15) is 0 Å². The monoisotopic (exact) mass is 229 g/mol. The summed E-state index contributed by atoms with van der Waals surface area (Å²) in [5.74, 6) is 0.639. The third-order valence-electron chi connectivity index (χ3n) is 2.50. The van der Waals surface area contributed by atoms with Gasteiger partial charge in [-0.25, -0.2) is 4.98 Å². The number of hydrogen-bond acceptors (Lipinski definition) is 3. The van der Waals surface area contributed by atoms with Gasteiger partial charge in [0.2, 0.25) is 5.95 Å². The van der Waals surface area contributed by atoms with Crippen LogP contribution in [-0.4, -0.2) is 22.3 Å². The Morgan fingerprint density at radius 2 is 2.12 bits per heavy atom. The van der Waals surface area contributed by atoms with Crippen molar-refractivity contribution in [1.29, 1.82) is 0 Å². The number of anilines is 1. The number of ketones is 1. The van der Waals surface area contributed by atoms with Gasteiger partial charge in [0.25, 0.3) is 0 Å². The maximum absolute atomic E-state index is 11.1. The van der Waals surface area contributed by atoms with Crippen molar-refractivity contribution in [3.63, 3.8) is 0 Å². The van der Waals surface area contributed by atoms with E-state index < -0.39 is 0 Å². The Labute approximate surface area is 100 Å². The Morgan fingerprint density at radius 3 is 2.76 bits per heavy atom. The van der Waals surface area contributed by atoms with Crippen LogP contribution in [0.5, 0.6) is 0 Å². The fourth-order valence-electron chi connectivity index (χ4n) is 1.56. The summed E-state index contributed by atoms with van der Waals surface area (Å²) in [6.07, 6.45) is 2.48. The van der Waals surface area contributed by atoms with Gasteiger partial charge < -0.3 is 10.3 Å². The van der Waals surface area contributed by atoms with Gasteiger partial charge in [0, 0.05) is 13.5 Å². The van der Waals surface area contributed by atoms with Gasteiger partial charge in [-0.3, -0.25) is 4.79 Å². The van der Waals surface area contributed by atoms with Crippen LogP contribution in [0.15, 0.2) is 36.5 Å². The molecule has 0 aliphatic carbocycles. The molecule has 4 heteroatoms. The molecule has 0 amide bonds. The highest BCUT2D eigenvalue weighted by atomic mass is 16.1. The molecule has 1 aromatic carbocycles. The van der Waals surface area contributed by atoms with Crippen LogP contribution >= 0.6 is 0 Å². The molecule has 88 valence electrons. The lowest BCUT2D eigenvalue weighted by Gasteiger charge is -2.02. The van der Waals surface area contributed by atoms with Crippen LogP contribution in [0.2, 0.25) is 0 Å². The van der Waals surface area contributed by atoms with Crippen LogP contribution in [0, 0.1) is 0 Å². The van der Waals surface area contributed by atoms with Crippen molar-refractivity contribution in [2.75, 3.05) is 11.9 Å². The molecular formula is C13H15N3O. The van der Waals surface area contributed by atoms with E-state index in [2.05, 4.69) is 27.4 Å². The largest absolute Gasteiger partial charge is 0.355 e. The summed E-state index contributed by atoms with van der Waals surface area (Å²) in [6, 6.07) is 10.2. The van der Waals surface area contributed by atoms with Gasteiger partial charge in [-0.15, -0.1) is 0 Å². The molecule has 0 unspecified atom stereocenters. The van der Waals surface area contributed by atoms with Crippen molar-refractivity contribution in [3.05, 3.63) is 47.8 Å². The SMILES string of the molecule is CC(=O)c1cnc(NCCc2ccccc2)[nH]1. The zero-order valence-corrected chi connectivity index (χ0v) is 9.73. The number of rotatable bonds is 5. The molecule has 0 aliphatic heterocycles. The highest BCUT2D eigenvalue weighted by molar-refractivity contribution is 5.92. The van der Waals surface area contributed by atoms with E-state index in [4.69, 9.17) is 0 Å². The molecule has 2 aromatic rings. The average Bonchev–Trinajstić information content (AvgIpc) is 2.79. The molecule has 4 nitrogen and oxygen atoms in total. The summed E-state index contributed by atoms with van der Waals surface area (Å²) in [6.45, 7) is 2.30. The minimum Gasteiger partial charge on any atom is -0.355 e. The van der Waals surface area contributed by atoms with E-state index in [-0.39, 0.29) is 5.78 Å². The second kappa shape index (κ2) is 5.30. The number of benzene rings is 1. The fraction of sp³-hybridized carbons (Fsp3) is 0.231. The first-order chi connectivity index (χ1) is 8.25. The van der Waals surface area contributed by atoms with Crippen molar-refractivity contribution in [2.45, 2.75) is 13.3 Å². The topological polar surface area (TPSA) is 57.8 Å². The molecule has 0 spiro atoms. The average molecular weight is 229 g/mol. The minimum atomic E-state index is -0.00592. The van der Waals surface area contributed by atoms with Gasteiger partial charge >= 0.3 is 0 Å². The van der Waals surface area contributed by atoms with Crippen LogP contribution in [0.3, 0.4) is 0 Å². The summed E-state index contributed by atoms with van der Waals surface area (Å²) < 4.78 is 0. The minimum absolute atomic E-state index is 0.00592. The van der Waals surface area contributed by atoms with Crippen molar-refractivity contribution < 1.29 is 4.79 Å². The molecular weight excluding hydrogens is 214 g/mol. The van der Waals surface area contributed by atoms with Crippen molar-refractivity contribution in [3.8, 4) is 0 Å². The van der Waals surface area contributed by atoms with E-state index in [1.165, 1.54) is 12.5 Å². The predicted molar refractivity (Wildman–Crippen MR) is 67.2 cm³/mol. The molecule has 17 heavy (non-hydrogen) atoms. The number of nitrogens with zero attached hydrogens (tertiary/aromatic N) is 1. The van der Waals surface area contributed by atoms with Crippen molar-refractivity contribution in [1.82, 2.24) is 9.97 Å². The molecule has 0 radical (unpaired) electrons. The Hall–Kier alpha value is -2.10. The summed E-state index contributed by atoms with van der Waals surface area (Å²) in [4.78, 5) is 18.1. The number of imidazole rings is 1. The maximum atomic E-state index is 11.1. The van der Waals surface area contributed by atoms with Crippen LogP contribution in [0.25, 0.3) is 0 Å². The Bertz CT molecular complexity index is 490. The molecule has 1 heterocycles. The third kappa shape index (κ3) is 3.17. The maximum Gasteiger partial charge on any atom is 0.200 e. The molecule has 0 aliphatic rings. The van der Waals surface area contributed by atoms with E-state index in [0.717, 1.165) is 13.0 Å². The summed E-state index contributed by atoms with van der Waals surface area (Å²) >= 11 is 0. The zero-order chi connectivity index (χ0) is 12.1. The number of carbonyl (C=O) groups is 1. The van der Waals surface area contributed by atoms with Crippen molar-refractivity contribution in [2.24, 2.45) is 0 Å². The molecule has 1 aromatic heterocycles. The van der Waals surface area contributed by atoms with E-state index >= 15 is 0 Å². The zero-order valence-electron chi connectivity index (χ0n) is 9.73. The van der Waals surface area contributed by atoms with Gasteiger partial charge in [0.05, 0.1) is 6.20 Å². The summed E-state index contributed by atoms with van der Waals surface area (Å²) in [5, 5.41) is 3.15. The first-order valence-electron chi connectivity index (χ1n) is 5.59. The Morgan fingerprint density at radius 1 is 1.35 bits per heavy atom. The molecule has 0 saturated carbocycles. The van der Waals surface area contributed by atoms with Crippen LogP contribution in [0.1, 0.15) is 23.0 Å². The molecule has 2 N–H and O–H groups in total. The standard InChI is InChI=1S/C13H15N3O/c1-10(17)12-9-15-13(16-12)14-8-7-11-5-3-2-4-6-11/h2-6,9H,7-8H2,1H3,(H2,14,15,16). The normalized spacial score (nSPS) is 10.2. The van der Waals surface area contributed by atoms with Gasteiger partial charge in [0.1, 0.15) is 5.69 Å². The number of hydrogen-bond donors (Lipinski definition) is 2. The van der Waals surface area contributed by atoms with E-state index in [1.54, 1.807) is 6.20 Å². The number of Topliss-reactive ketones (excluding diaryl/α,β-unsaturated/α-hetero) is 1. The lowest BCUT2D eigenvalue weighted by atomic mass is 10.1. The Kier molecular flexibility index (Phi) is 3.55. The molecule has 0 bridgehead atoms. The van der Waals surface area contributed by atoms with Gasteiger partial charge in [-0.05, 0) is 12.0 Å². The third-order valence-corrected chi connectivity index (χ3v) is 2.50. The van der Waals surface area contributed by atoms with E-state index in [0.29, 0.717) is 11.6 Å². The second-order valence-corrected chi connectivity index (χ2v) is 3.86. The predicted octanol–water partition coefficient (Wildman–Crippen LogP) is 2.27. The molecule has 0 saturated heterocycles. The van der Waals surface area contributed by atoms with Crippen molar-refractivity contribution >= 4 is 11.7 Å². The van der Waals surface area contributed by atoms with E-state index in [1.807, 2.05) is 18.2 Å². The highest BCUT2D eigenvalue weighted by Gasteiger charge is 2.03. The first kappa shape index (κ1) is 11.4. The second-order valence-electron chi connectivity index (χ2n) is 3.86. The number of H-pyrrole nitrogens is 1. The highest BCUT2D eigenvalue weighted by Crippen LogP contribution is 2.04. The molecule has 0 atom stereocenters. The smallest absolute Gasteiger partial charge is 0.200 e. The summed E-state index contributed by atoms with van der Waals surface area (Å²) in [7, 11) is 0. The van der Waals surface area contributed by atoms with Gasteiger partial charge in [0.15, 0.2) is 5.78 Å². The van der Waals surface area contributed by atoms with Crippen LogP contribution in [0.4, 0.5) is 5.95 Å². The van der Waals surface area contributed by atoms with Crippen LogP contribution in [-0.2, 0) is 6.42 Å². The van der Waals surface area contributed by atoms with Gasteiger partial charge in [-0.1, -0.05) is 30.3 Å². The number of nitrogens with one attached hydrogen (secondary N) is 2. The lowest BCUT2D eigenvalue weighted by molar-refractivity contribution is 0.101. The molecule has 2 rings (SSSR count). The quantitative estimate of drug-likeness (QED) is 0.773. The number of aromatic amines is 1. The number of carbonyl (C=O) groups excluding carboxylic acids is 1. The molecule has 0 fully saturated rings. The fourth-order valence-corrected chi connectivity index (χ4v) is 1.56. The first-order valence-corrected chi connectivity index (χ1v) is 5.59. The van der Waals surface area contributed by atoms with E-state index in [9.17, 15) is 4.79 Å². The van der Waals surface area contributed by atoms with Crippen LogP contribution < -0.4 is 5.32 Å².